The van der Waals surface area contributed by atoms with Gasteiger partial charge in [-0.15, -0.1) is 11.3 Å². The first-order valence-corrected chi connectivity index (χ1v) is 9.31. The summed E-state index contributed by atoms with van der Waals surface area (Å²) in [6.45, 7) is 6.00. The number of aliphatic hydroxyl groups is 1. The Morgan fingerprint density at radius 1 is 1.40 bits per heavy atom. The first-order chi connectivity index (χ1) is 9.25. The van der Waals surface area contributed by atoms with E-state index in [0.29, 0.717) is 15.9 Å². The third-order valence-corrected chi connectivity index (χ3v) is 7.03. The lowest BCUT2D eigenvalue weighted by molar-refractivity contribution is 0.218. The highest BCUT2D eigenvalue weighted by Gasteiger charge is 2.31. The molecule has 0 bridgehead atoms. The highest BCUT2D eigenvalue weighted by Crippen LogP contribution is 2.36. The molecule has 2 N–H and O–H groups in total. The summed E-state index contributed by atoms with van der Waals surface area (Å²) in [5.41, 5.74) is 1.03. The number of sulfonamides is 1. The van der Waals surface area contributed by atoms with Crippen molar-refractivity contribution in [2.45, 2.75) is 64.0 Å². The van der Waals surface area contributed by atoms with Crippen LogP contribution in [0.25, 0.3) is 0 Å². The van der Waals surface area contributed by atoms with Gasteiger partial charge in [-0.2, -0.15) is 0 Å². The van der Waals surface area contributed by atoms with Crippen molar-refractivity contribution in [2.24, 2.45) is 5.41 Å². The van der Waals surface area contributed by atoms with Crippen LogP contribution in [0.1, 0.15) is 50.0 Å². The lowest BCUT2D eigenvalue weighted by Crippen LogP contribution is -2.39. The fourth-order valence-corrected chi connectivity index (χ4v) is 5.72. The minimum Gasteiger partial charge on any atom is -0.391 e. The van der Waals surface area contributed by atoms with Crippen molar-refractivity contribution in [3.63, 3.8) is 0 Å². The Balaban J connectivity index is 2.14. The molecule has 20 heavy (non-hydrogen) atoms. The lowest BCUT2D eigenvalue weighted by atomic mass is 9.76. The molecule has 1 aromatic rings. The zero-order chi connectivity index (χ0) is 15.0. The number of hydrogen-bond donors (Lipinski definition) is 2. The van der Waals surface area contributed by atoms with E-state index in [9.17, 15) is 13.5 Å². The Morgan fingerprint density at radius 3 is 2.55 bits per heavy atom. The Kier molecular flexibility index (Phi) is 4.59. The molecule has 1 saturated carbocycles. The number of aliphatic hydroxyl groups excluding tert-OH is 1. The van der Waals surface area contributed by atoms with Crippen LogP contribution in [0.5, 0.6) is 0 Å². The molecular weight excluding hydrogens is 294 g/mol. The van der Waals surface area contributed by atoms with Crippen LogP contribution in [0.3, 0.4) is 0 Å². The van der Waals surface area contributed by atoms with E-state index in [1.165, 1.54) is 11.3 Å². The summed E-state index contributed by atoms with van der Waals surface area (Å²) in [5, 5.41) is 11.1. The molecule has 2 rings (SSSR count). The van der Waals surface area contributed by atoms with Gasteiger partial charge in [0.1, 0.15) is 4.90 Å². The van der Waals surface area contributed by atoms with E-state index in [2.05, 4.69) is 18.6 Å². The third-order valence-electron chi connectivity index (χ3n) is 4.06. The first kappa shape index (κ1) is 15.9. The number of aryl methyl sites for hydroxylation is 1. The van der Waals surface area contributed by atoms with Crippen molar-refractivity contribution in [1.82, 2.24) is 4.72 Å². The fraction of sp³-hybridized carbons (Fsp3) is 0.714. The van der Waals surface area contributed by atoms with Crippen molar-refractivity contribution < 1.29 is 13.5 Å². The summed E-state index contributed by atoms with van der Waals surface area (Å²) in [6, 6.07) is 0.0128. The minimum atomic E-state index is -3.53. The maximum absolute atomic E-state index is 12.5. The predicted molar refractivity (Wildman–Crippen MR) is 81.3 cm³/mol. The van der Waals surface area contributed by atoms with Gasteiger partial charge in [0.05, 0.1) is 11.5 Å². The van der Waals surface area contributed by atoms with E-state index in [4.69, 9.17) is 0 Å². The normalized spacial score (nSPS) is 20.2. The van der Waals surface area contributed by atoms with E-state index in [1.54, 1.807) is 12.3 Å². The van der Waals surface area contributed by atoms with Gasteiger partial charge >= 0.3 is 0 Å². The molecule has 0 aromatic carbocycles. The molecule has 1 heterocycles. The maximum atomic E-state index is 12.5. The van der Waals surface area contributed by atoms with Crippen LogP contribution in [0, 0.1) is 12.3 Å². The van der Waals surface area contributed by atoms with E-state index in [1.807, 2.05) is 0 Å². The van der Waals surface area contributed by atoms with Gasteiger partial charge in [0, 0.05) is 6.04 Å². The zero-order valence-electron chi connectivity index (χ0n) is 12.3. The average molecular weight is 317 g/mol. The second kappa shape index (κ2) is 5.75. The molecule has 1 aliphatic rings. The van der Waals surface area contributed by atoms with Crippen molar-refractivity contribution >= 4 is 21.4 Å². The summed E-state index contributed by atoms with van der Waals surface area (Å²) in [4.78, 5) is 0.793. The second-order valence-electron chi connectivity index (χ2n) is 6.39. The smallest absolute Gasteiger partial charge is 0.242 e. The lowest BCUT2D eigenvalue weighted by Gasteiger charge is -2.34. The highest BCUT2D eigenvalue weighted by atomic mass is 32.2. The number of nitrogens with one attached hydrogen (secondary N) is 1. The molecule has 0 atom stereocenters. The van der Waals surface area contributed by atoms with Gasteiger partial charge in [-0.1, -0.05) is 13.8 Å². The van der Waals surface area contributed by atoms with Gasteiger partial charge in [0.15, 0.2) is 0 Å². The van der Waals surface area contributed by atoms with Gasteiger partial charge in [0.2, 0.25) is 10.0 Å². The summed E-state index contributed by atoms with van der Waals surface area (Å²) in [7, 11) is -3.53. The molecule has 0 aliphatic heterocycles. The molecule has 0 radical (unpaired) electrons. The minimum absolute atomic E-state index is 0.0128. The largest absolute Gasteiger partial charge is 0.391 e. The number of thiophene rings is 1. The highest BCUT2D eigenvalue weighted by molar-refractivity contribution is 7.89. The number of rotatable bonds is 4. The van der Waals surface area contributed by atoms with Crippen molar-refractivity contribution in [1.29, 1.82) is 0 Å². The average Bonchev–Trinajstić information content (AvgIpc) is 2.74. The molecule has 1 fully saturated rings. The molecule has 0 spiro atoms. The predicted octanol–water partition coefficient (Wildman–Crippen LogP) is 2.80. The standard InChI is InChI=1S/C14H23NO3S2/c1-10-9-19-12(8-16)13(10)20(17,18)15-11-4-6-14(2,3)7-5-11/h9,11,15-16H,4-8H2,1-3H3. The second-order valence-corrected chi connectivity index (χ2v) is 9.00. The van der Waals surface area contributed by atoms with Crippen molar-refractivity contribution in [3.8, 4) is 0 Å². The quantitative estimate of drug-likeness (QED) is 0.897. The summed E-state index contributed by atoms with van der Waals surface area (Å²) >= 11 is 1.30. The van der Waals surface area contributed by atoms with E-state index in [-0.39, 0.29) is 17.5 Å². The molecule has 0 saturated heterocycles. The summed E-state index contributed by atoms with van der Waals surface area (Å²) < 4.78 is 27.8. The third kappa shape index (κ3) is 3.42. The summed E-state index contributed by atoms with van der Waals surface area (Å²) in [5.74, 6) is 0. The Bertz CT molecular complexity index is 565. The molecular formula is C14H23NO3S2. The SMILES string of the molecule is Cc1csc(CO)c1S(=O)(=O)NC1CCC(C)(C)CC1. The Morgan fingerprint density at radius 2 is 2.00 bits per heavy atom. The Hall–Kier alpha value is -0.430. The molecule has 4 nitrogen and oxygen atoms in total. The summed E-state index contributed by atoms with van der Waals surface area (Å²) in [6.07, 6.45) is 3.83. The van der Waals surface area contributed by atoms with Crippen LogP contribution in [-0.2, 0) is 16.6 Å². The molecule has 1 aromatic heterocycles. The molecule has 1 aliphatic carbocycles. The fourth-order valence-electron chi connectivity index (χ4n) is 2.75. The van der Waals surface area contributed by atoms with Crippen LogP contribution in [0.4, 0.5) is 0 Å². The van der Waals surface area contributed by atoms with Gasteiger partial charge < -0.3 is 5.11 Å². The van der Waals surface area contributed by atoms with Crippen LogP contribution in [0.2, 0.25) is 0 Å². The topological polar surface area (TPSA) is 66.4 Å². The van der Waals surface area contributed by atoms with Crippen LogP contribution >= 0.6 is 11.3 Å². The van der Waals surface area contributed by atoms with Crippen LogP contribution in [0.15, 0.2) is 10.3 Å². The Labute approximate surface area is 125 Å². The van der Waals surface area contributed by atoms with E-state index >= 15 is 0 Å². The van der Waals surface area contributed by atoms with E-state index in [0.717, 1.165) is 25.7 Å². The number of hydrogen-bond acceptors (Lipinski definition) is 4. The van der Waals surface area contributed by atoms with Crippen molar-refractivity contribution in [3.05, 3.63) is 15.8 Å². The van der Waals surface area contributed by atoms with Crippen LogP contribution < -0.4 is 4.72 Å². The molecule has 0 unspecified atom stereocenters. The maximum Gasteiger partial charge on any atom is 0.242 e. The first-order valence-electron chi connectivity index (χ1n) is 6.95. The van der Waals surface area contributed by atoms with Gasteiger partial charge in [-0.05, 0) is 49.0 Å². The van der Waals surface area contributed by atoms with Gasteiger partial charge in [0.25, 0.3) is 0 Å². The monoisotopic (exact) mass is 317 g/mol. The van der Waals surface area contributed by atoms with Gasteiger partial charge in [-0.25, -0.2) is 13.1 Å². The van der Waals surface area contributed by atoms with E-state index < -0.39 is 10.0 Å². The zero-order valence-corrected chi connectivity index (χ0v) is 13.9. The molecule has 6 heteroatoms. The van der Waals surface area contributed by atoms with Gasteiger partial charge in [-0.3, -0.25) is 0 Å². The van der Waals surface area contributed by atoms with Crippen LogP contribution in [-0.4, -0.2) is 19.6 Å². The molecule has 0 amide bonds. The molecule has 114 valence electrons. The van der Waals surface area contributed by atoms with Crippen molar-refractivity contribution in [2.75, 3.05) is 0 Å².